The van der Waals surface area contributed by atoms with E-state index in [-0.39, 0.29) is 10.9 Å². The predicted octanol–water partition coefficient (Wildman–Crippen LogP) is 4.01. The lowest BCUT2D eigenvalue weighted by molar-refractivity contribution is -0.380. The van der Waals surface area contributed by atoms with Crippen LogP contribution in [-0.2, 0) is 6.18 Å². The third kappa shape index (κ3) is 6.41. The first-order valence-electron chi connectivity index (χ1n) is 9.91. The van der Waals surface area contributed by atoms with E-state index in [1.54, 1.807) is 6.07 Å². The summed E-state index contributed by atoms with van der Waals surface area (Å²) in [4.78, 5) is 26.7. The van der Waals surface area contributed by atoms with Gasteiger partial charge in [0, 0.05) is 44.5 Å². The van der Waals surface area contributed by atoms with Crippen molar-refractivity contribution in [1.82, 2.24) is 10.2 Å². The molecule has 7 nitrogen and oxygen atoms in total. The monoisotopic (exact) mass is 456 g/mol. The Bertz CT molecular complexity index is 911. The fourth-order valence-electron chi connectivity index (χ4n) is 3.41. The number of amides is 1. The summed E-state index contributed by atoms with van der Waals surface area (Å²) in [5.41, 5.74) is -0.0439. The molecule has 0 unspecified atom stereocenters. The number of carbonyl (C=O) groups is 1. The van der Waals surface area contributed by atoms with Crippen LogP contribution < -0.4 is 10.2 Å². The first-order chi connectivity index (χ1) is 14.7. The zero-order valence-corrected chi connectivity index (χ0v) is 17.5. The smallest absolute Gasteiger partial charge is 0.369 e. The van der Waals surface area contributed by atoms with Crippen molar-refractivity contribution in [2.24, 2.45) is 0 Å². The highest BCUT2D eigenvalue weighted by atomic mass is 32.1. The highest BCUT2D eigenvalue weighted by molar-refractivity contribution is 7.17. The van der Waals surface area contributed by atoms with E-state index in [2.05, 4.69) is 10.2 Å². The van der Waals surface area contributed by atoms with Crippen LogP contribution >= 0.6 is 11.3 Å². The molecule has 2 aromatic rings. The quantitative estimate of drug-likeness (QED) is 0.369. The lowest BCUT2D eigenvalue weighted by atomic mass is 10.1. The van der Waals surface area contributed by atoms with Crippen LogP contribution in [0.2, 0.25) is 0 Å². The number of anilines is 1. The number of hydrogen-bond donors (Lipinski definition) is 1. The second-order valence-corrected chi connectivity index (χ2v) is 8.30. The largest absolute Gasteiger partial charge is 0.416 e. The standard InChI is InChI=1S/C20H23F3N4O3S/c21-20(22,23)15-4-3-5-16(14-15)26-12-10-25(11-13-26)9-2-1-8-24-19(28)17-6-7-18(31-17)27(29)30/h3-7,14H,1-2,8-13H2,(H,24,28). The number of alkyl halides is 3. The molecule has 3 rings (SSSR count). The summed E-state index contributed by atoms with van der Waals surface area (Å²) in [5, 5.41) is 13.4. The molecule has 11 heteroatoms. The van der Waals surface area contributed by atoms with Gasteiger partial charge in [0.05, 0.1) is 15.4 Å². The number of hydrogen-bond acceptors (Lipinski definition) is 6. The number of piperazine rings is 1. The fourth-order valence-corrected chi connectivity index (χ4v) is 4.14. The highest BCUT2D eigenvalue weighted by Gasteiger charge is 2.31. The van der Waals surface area contributed by atoms with Gasteiger partial charge < -0.3 is 10.2 Å². The summed E-state index contributed by atoms with van der Waals surface area (Å²) in [6.45, 7) is 4.18. The number of halogens is 3. The van der Waals surface area contributed by atoms with E-state index in [0.717, 1.165) is 49.9 Å². The zero-order chi connectivity index (χ0) is 22.4. The van der Waals surface area contributed by atoms with E-state index in [9.17, 15) is 28.1 Å². The number of nitrogens with zero attached hydrogens (tertiary/aromatic N) is 3. The van der Waals surface area contributed by atoms with Gasteiger partial charge in [-0.2, -0.15) is 13.2 Å². The maximum absolute atomic E-state index is 12.9. The van der Waals surface area contributed by atoms with Gasteiger partial charge in [0.25, 0.3) is 5.91 Å². The van der Waals surface area contributed by atoms with Crippen LogP contribution in [-0.4, -0.2) is 55.0 Å². The summed E-state index contributed by atoms with van der Waals surface area (Å²) in [6.07, 6.45) is -2.70. The van der Waals surface area contributed by atoms with E-state index in [0.29, 0.717) is 30.2 Å². The minimum Gasteiger partial charge on any atom is -0.369 e. The van der Waals surface area contributed by atoms with Crippen LogP contribution in [0.3, 0.4) is 0 Å². The number of nitrogens with one attached hydrogen (secondary N) is 1. The van der Waals surface area contributed by atoms with E-state index in [1.165, 1.54) is 24.3 Å². The Hall–Kier alpha value is -2.66. The fraction of sp³-hybridized carbons (Fsp3) is 0.450. The van der Waals surface area contributed by atoms with Gasteiger partial charge in [0.2, 0.25) is 0 Å². The molecule has 1 aliphatic rings. The Morgan fingerprint density at radius 1 is 1.13 bits per heavy atom. The minimum atomic E-state index is -4.34. The van der Waals surface area contributed by atoms with Crippen LogP contribution in [0.4, 0.5) is 23.9 Å². The molecule has 0 atom stereocenters. The normalized spacial score (nSPS) is 15.1. The molecule has 168 valence electrons. The van der Waals surface area contributed by atoms with Gasteiger partial charge in [-0.1, -0.05) is 17.4 Å². The van der Waals surface area contributed by atoms with E-state index in [4.69, 9.17) is 0 Å². The van der Waals surface area contributed by atoms with Crippen molar-refractivity contribution in [2.45, 2.75) is 19.0 Å². The lowest BCUT2D eigenvalue weighted by Crippen LogP contribution is -2.46. The number of unbranched alkanes of at least 4 members (excludes halogenated alkanes) is 1. The Morgan fingerprint density at radius 2 is 1.87 bits per heavy atom. The molecule has 0 spiro atoms. The van der Waals surface area contributed by atoms with Crippen molar-refractivity contribution in [3.05, 3.63) is 57.0 Å². The molecule has 1 saturated heterocycles. The zero-order valence-electron chi connectivity index (χ0n) is 16.7. The molecule has 1 amide bonds. The molecule has 0 radical (unpaired) electrons. The lowest BCUT2D eigenvalue weighted by Gasteiger charge is -2.36. The molecule has 1 N–H and O–H groups in total. The van der Waals surface area contributed by atoms with Gasteiger partial charge in [-0.3, -0.25) is 19.8 Å². The number of carbonyl (C=O) groups excluding carboxylic acids is 1. The van der Waals surface area contributed by atoms with Gasteiger partial charge >= 0.3 is 11.2 Å². The van der Waals surface area contributed by atoms with Crippen molar-refractivity contribution in [3.8, 4) is 0 Å². The highest BCUT2D eigenvalue weighted by Crippen LogP contribution is 2.32. The second-order valence-electron chi connectivity index (χ2n) is 7.23. The van der Waals surface area contributed by atoms with E-state index >= 15 is 0 Å². The van der Waals surface area contributed by atoms with Gasteiger partial charge in [-0.05, 0) is 43.7 Å². The molecule has 1 aromatic heterocycles. The SMILES string of the molecule is O=C(NCCCCN1CCN(c2cccc(C(F)(F)F)c2)CC1)c1ccc([N+](=O)[O-])s1. The average molecular weight is 456 g/mol. The number of rotatable bonds is 8. The van der Waals surface area contributed by atoms with Crippen molar-refractivity contribution >= 4 is 27.9 Å². The Balaban J connectivity index is 1.34. The summed E-state index contributed by atoms with van der Waals surface area (Å²) in [7, 11) is 0. The summed E-state index contributed by atoms with van der Waals surface area (Å²) in [5.74, 6) is -0.312. The van der Waals surface area contributed by atoms with Crippen molar-refractivity contribution < 1.29 is 22.9 Å². The van der Waals surface area contributed by atoms with Crippen LogP contribution in [0.1, 0.15) is 28.1 Å². The maximum Gasteiger partial charge on any atom is 0.416 e. The van der Waals surface area contributed by atoms with Gasteiger partial charge in [-0.25, -0.2) is 0 Å². The van der Waals surface area contributed by atoms with E-state index < -0.39 is 16.7 Å². The van der Waals surface area contributed by atoms with Crippen LogP contribution in [0.25, 0.3) is 0 Å². The third-order valence-corrected chi connectivity index (χ3v) is 6.13. The molecule has 31 heavy (non-hydrogen) atoms. The molecule has 1 aromatic carbocycles. The van der Waals surface area contributed by atoms with E-state index in [1.807, 2.05) is 4.90 Å². The minimum absolute atomic E-state index is 0.0607. The Labute approximate surface area is 181 Å². The van der Waals surface area contributed by atoms with Crippen molar-refractivity contribution in [1.29, 1.82) is 0 Å². The number of nitro groups is 1. The Kier molecular flexibility index (Phi) is 7.50. The first-order valence-corrected chi connectivity index (χ1v) is 10.7. The molecule has 0 bridgehead atoms. The molecular weight excluding hydrogens is 433 g/mol. The molecule has 1 fully saturated rings. The summed E-state index contributed by atoms with van der Waals surface area (Å²) >= 11 is 0.850. The van der Waals surface area contributed by atoms with Crippen LogP contribution in [0.5, 0.6) is 0 Å². The van der Waals surface area contributed by atoms with Gasteiger partial charge in [0.1, 0.15) is 0 Å². The number of thiophene rings is 1. The van der Waals surface area contributed by atoms with Crippen molar-refractivity contribution in [2.75, 3.05) is 44.2 Å². The predicted molar refractivity (Wildman–Crippen MR) is 113 cm³/mol. The topological polar surface area (TPSA) is 78.7 Å². The molecule has 0 saturated carbocycles. The number of benzene rings is 1. The summed E-state index contributed by atoms with van der Waals surface area (Å²) < 4.78 is 38.7. The molecule has 0 aliphatic carbocycles. The first kappa shape index (κ1) is 23.0. The summed E-state index contributed by atoms with van der Waals surface area (Å²) in [6, 6.07) is 8.18. The van der Waals surface area contributed by atoms with Crippen LogP contribution in [0, 0.1) is 10.1 Å². The van der Waals surface area contributed by atoms with Gasteiger partial charge in [0.15, 0.2) is 0 Å². The molecule has 1 aliphatic heterocycles. The second kappa shape index (κ2) is 10.1. The van der Waals surface area contributed by atoms with Crippen molar-refractivity contribution in [3.63, 3.8) is 0 Å². The third-order valence-electron chi connectivity index (χ3n) is 5.09. The maximum atomic E-state index is 12.9. The van der Waals surface area contributed by atoms with Crippen LogP contribution in [0.15, 0.2) is 36.4 Å². The average Bonchev–Trinajstić information content (AvgIpc) is 3.24. The molecular formula is C20H23F3N4O3S. The molecule has 2 heterocycles. The Morgan fingerprint density at radius 3 is 2.52 bits per heavy atom. The van der Waals surface area contributed by atoms with Gasteiger partial charge in [-0.15, -0.1) is 0 Å².